The van der Waals surface area contributed by atoms with Gasteiger partial charge in [0.05, 0.1) is 0 Å². The first-order valence-electron chi connectivity index (χ1n) is 12.9. The lowest BCUT2D eigenvalue weighted by Crippen LogP contribution is -2.51. The van der Waals surface area contributed by atoms with Crippen LogP contribution in [-0.2, 0) is 17.7 Å². The van der Waals surface area contributed by atoms with Gasteiger partial charge in [-0.1, -0.05) is 81.1 Å². The predicted octanol–water partition coefficient (Wildman–Crippen LogP) is 7.96. The number of unbranched alkanes of at least 4 members (excludes halogenated alkanes) is 4. The van der Waals surface area contributed by atoms with Crippen LogP contribution in [0, 0.1) is 0 Å². The summed E-state index contributed by atoms with van der Waals surface area (Å²) in [5.74, 6) is 0. The highest BCUT2D eigenvalue weighted by atomic mass is 28.4. The Morgan fingerprint density at radius 1 is 0.467 bits per heavy atom. The average molecular weight is 463 g/mol. The zero-order chi connectivity index (χ0) is 22.9. The lowest BCUT2D eigenvalue weighted by atomic mass is 10.4. The largest absolute Gasteiger partial charge is 0.394 e. The molecule has 0 saturated heterocycles. The Morgan fingerprint density at radius 3 is 0.867 bits per heavy atom. The molecule has 4 nitrogen and oxygen atoms in total. The molecule has 0 aliphatic heterocycles. The van der Waals surface area contributed by atoms with Gasteiger partial charge in [-0.2, -0.15) is 0 Å². The minimum absolute atomic E-state index is 0.427. The maximum atomic E-state index is 6.63. The summed E-state index contributed by atoms with van der Waals surface area (Å²) < 4.78 is 26.5. The van der Waals surface area contributed by atoms with Gasteiger partial charge < -0.3 is 17.7 Å². The first-order valence-corrected chi connectivity index (χ1v) is 17.1. The first-order chi connectivity index (χ1) is 14.3. The standard InChI is InChI=1S/C24H54O4Si2/c1-9-13-17-25-29(23(5)6,26-18-14-10-2)21-22-30(24(7)8,27-19-15-11-3)28-20-16-12-4/h23-24H,9-22H2,1-8H3. The summed E-state index contributed by atoms with van der Waals surface area (Å²) >= 11 is 0. The Kier molecular flexibility index (Phi) is 17.9. The third-order valence-corrected chi connectivity index (χ3v) is 14.6. The molecule has 30 heavy (non-hydrogen) atoms. The van der Waals surface area contributed by atoms with Crippen molar-refractivity contribution in [1.82, 2.24) is 0 Å². The molecule has 0 bridgehead atoms. The van der Waals surface area contributed by atoms with Crippen LogP contribution in [0.2, 0.25) is 23.2 Å². The minimum Gasteiger partial charge on any atom is -0.394 e. The quantitative estimate of drug-likeness (QED) is 0.128. The minimum atomic E-state index is -2.32. The molecule has 0 aromatic heterocycles. The van der Waals surface area contributed by atoms with Crippen LogP contribution in [0.25, 0.3) is 0 Å². The molecule has 0 aliphatic rings. The first kappa shape index (κ1) is 30.3. The van der Waals surface area contributed by atoms with E-state index in [1.165, 1.54) is 0 Å². The van der Waals surface area contributed by atoms with Crippen molar-refractivity contribution >= 4 is 17.1 Å². The van der Waals surface area contributed by atoms with Crippen LogP contribution in [-0.4, -0.2) is 43.5 Å². The smallest absolute Gasteiger partial charge is 0.340 e. The van der Waals surface area contributed by atoms with Crippen molar-refractivity contribution in [3.8, 4) is 0 Å². The fourth-order valence-electron chi connectivity index (χ4n) is 3.52. The highest BCUT2D eigenvalue weighted by Gasteiger charge is 2.48. The third-order valence-electron chi connectivity index (χ3n) is 5.96. The molecular formula is C24H54O4Si2. The van der Waals surface area contributed by atoms with E-state index in [0.717, 1.165) is 89.9 Å². The number of hydrogen-bond donors (Lipinski definition) is 0. The van der Waals surface area contributed by atoms with E-state index in [-0.39, 0.29) is 0 Å². The summed E-state index contributed by atoms with van der Waals surface area (Å²) in [6.07, 6.45) is 9.03. The molecule has 6 heteroatoms. The van der Waals surface area contributed by atoms with Gasteiger partial charge in [0, 0.05) is 26.4 Å². The van der Waals surface area contributed by atoms with E-state index in [9.17, 15) is 0 Å². The van der Waals surface area contributed by atoms with Gasteiger partial charge in [-0.15, -0.1) is 0 Å². The van der Waals surface area contributed by atoms with Crippen LogP contribution >= 0.6 is 0 Å². The second kappa shape index (κ2) is 17.8. The Labute approximate surface area is 191 Å². The van der Waals surface area contributed by atoms with E-state index in [1.54, 1.807) is 0 Å². The van der Waals surface area contributed by atoms with E-state index >= 15 is 0 Å². The van der Waals surface area contributed by atoms with E-state index in [4.69, 9.17) is 17.7 Å². The Hall–Kier alpha value is 0.274. The molecule has 182 valence electrons. The second-order valence-electron chi connectivity index (χ2n) is 9.24. The molecular weight excluding hydrogens is 408 g/mol. The molecule has 0 aromatic carbocycles. The van der Waals surface area contributed by atoms with Gasteiger partial charge >= 0.3 is 17.1 Å². The van der Waals surface area contributed by atoms with Crippen molar-refractivity contribution < 1.29 is 17.7 Å². The second-order valence-corrected chi connectivity index (χ2v) is 17.0. The summed E-state index contributed by atoms with van der Waals surface area (Å²) in [4.78, 5) is 0. The molecule has 0 radical (unpaired) electrons. The molecule has 0 atom stereocenters. The van der Waals surface area contributed by atoms with Gasteiger partial charge in [0.25, 0.3) is 0 Å². The van der Waals surface area contributed by atoms with Gasteiger partial charge in [0.15, 0.2) is 0 Å². The van der Waals surface area contributed by atoms with Crippen LogP contribution in [0.1, 0.15) is 107 Å². The summed E-state index contributed by atoms with van der Waals surface area (Å²) in [6, 6.07) is 1.97. The monoisotopic (exact) mass is 462 g/mol. The molecule has 0 spiro atoms. The van der Waals surface area contributed by atoms with Crippen molar-refractivity contribution in [2.24, 2.45) is 0 Å². The van der Waals surface area contributed by atoms with Crippen LogP contribution < -0.4 is 0 Å². The SMILES string of the molecule is CCCCO[Si](CC[Si](OCCCC)(OCCCC)C(C)C)(OCCCC)C(C)C. The number of hydrogen-bond acceptors (Lipinski definition) is 4. The zero-order valence-electron chi connectivity index (χ0n) is 21.7. The molecule has 0 aliphatic carbocycles. The van der Waals surface area contributed by atoms with E-state index in [0.29, 0.717) is 11.1 Å². The van der Waals surface area contributed by atoms with Crippen LogP contribution in [0.4, 0.5) is 0 Å². The highest BCUT2D eigenvalue weighted by Crippen LogP contribution is 2.37. The van der Waals surface area contributed by atoms with Crippen LogP contribution in [0.15, 0.2) is 0 Å². The van der Waals surface area contributed by atoms with Gasteiger partial charge in [0.2, 0.25) is 0 Å². The Bertz CT molecular complexity index is 335. The molecule has 0 aromatic rings. The maximum absolute atomic E-state index is 6.63. The summed E-state index contributed by atoms with van der Waals surface area (Å²) in [6.45, 7) is 21.3. The molecule has 0 saturated carbocycles. The third kappa shape index (κ3) is 11.2. The van der Waals surface area contributed by atoms with E-state index in [1.807, 2.05) is 0 Å². The molecule has 0 fully saturated rings. The fraction of sp³-hybridized carbons (Fsp3) is 1.00. The fourth-order valence-corrected chi connectivity index (χ4v) is 11.5. The van der Waals surface area contributed by atoms with Gasteiger partial charge in [-0.3, -0.25) is 0 Å². The topological polar surface area (TPSA) is 36.9 Å². The highest BCUT2D eigenvalue weighted by molar-refractivity contribution is 6.74. The lowest BCUT2D eigenvalue weighted by Gasteiger charge is -2.39. The van der Waals surface area contributed by atoms with Crippen molar-refractivity contribution in [2.45, 2.75) is 130 Å². The van der Waals surface area contributed by atoms with Crippen LogP contribution in [0.3, 0.4) is 0 Å². The Morgan fingerprint density at radius 2 is 0.700 bits per heavy atom. The van der Waals surface area contributed by atoms with Crippen LogP contribution in [0.5, 0.6) is 0 Å². The molecule has 0 amide bonds. The predicted molar refractivity (Wildman–Crippen MR) is 135 cm³/mol. The van der Waals surface area contributed by atoms with E-state index < -0.39 is 17.1 Å². The zero-order valence-corrected chi connectivity index (χ0v) is 23.7. The van der Waals surface area contributed by atoms with Crippen molar-refractivity contribution in [3.05, 3.63) is 0 Å². The van der Waals surface area contributed by atoms with Crippen molar-refractivity contribution in [3.63, 3.8) is 0 Å². The normalized spacial score (nSPS) is 13.0. The molecule has 0 heterocycles. The maximum Gasteiger partial charge on any atom is 0.340 e. The van der Waals surface area contributed by atoms with E-state index in [2.05, 4.69) is 55.4 Å². The molecule has 0 rings (SSSR count). The van der Waals surface area contributed by atoms with Crippen molar-refractivity contribution in [1.29, 1.82) is 0 Å². The lowest BCUT2D eigenvalue weighted by molar-refractivity contribution is 0.145. The van der Waals surface area contributed by atoms with Gasteiger partial charge in [-0.05, 0) is 48.9 Å². The van der Waals surface area contributed by atoms with Gasteiger partial charge in [0.1, 0.15) is 0 Å². The number of rotatable bonds is 21. The molecule has 0 N–H and O–H groups in total. The average Bonchev–Trinajstić information content (AvgIpc) is 2.71. The Balaban J connectivity index is 5.53. The molecule has 0 unspecified atom stereocenters. The summed E-state index contributed by atoms with van der Waals surface area (Å²) in [5, 5.41) is 0. The summed E-state index contributed by atoms with van der Waals surface area (Å²) in [5.41, 5.74) is 0.854. The van der Waals surface area contributed by atoms with Gasteiger partial charge in [-0.25, -0.2) is 0 Å². The van der Waals surface area contributed by atoms with Crippen molar-refractivity contribution in [2.75, 3.05) is 26.4 Å². The summed E-state index contributed by atoms with van der Waals surface area (Å²) in [7, 11) is -4.65.